The smallest absolute Gasteiger partial charge is 0.119 e. The molecule has 0 amide bonds. The predicted octanol–water partition coefficient (Wildman–Crippen LogP) is 2.94. The lowest BCUT2D eigenvalue weighted by Crippen LogP contribution is -2.05. The van der Waals surface area contributed by atoms with Crippen LogP contribution in [0.25, 0.3) is 0 Å². The molecule has 0 saturated carbocycles. The maximum Gasteiger partial charge on any atom is 0.119 e. The summed E-state index contributed by atoms with van der Waals surface area (Å²) in [5.74, 6) is 2.00. The Hall–Kier alpha value is -1.90. The molecule has 0 bridgehead atoms. The summed E-state index contributed by atoms with van der Waals surface area (Å²) in [7, 11) is 3.29. The molecule has 0 heterocycles. The van der Waals surface area contributed by atoms with Crippen molar-refractivity contribution in [2.75, 3.05) is 14.2 Å². The van der Waals surface area contributed by atoms with E-state index in [-0.39, 0.29) is 11.7 Å². The molecule has 1 N–H and O–H groups in total. The zero-order valence-electron chi connectivity index (χ0n) is 10.0. The van der Waals surface area contributed by atoms with E-state index in [2.05, 4.69) is 0 Å². The molecule has 17 heavy (non-hydrogen) atoms. The zero-order valence-corrected chi connectivity index (χ0v) is 10.0. The number of phenols is 1. The van der Waals surface area contributed by atoms with E-state index in [9.17, 15) is 5.11 Å². The van der Waals surface area contributed by atoms with Gasteiger partial charge in [0.05, 0.1) is 32.2 Å². The van der Waals surface area contributed by atoms with Crippen LogP contribution >= 0.6 is 0 Å². The Bertz CT molecular complexity index is 440. The van der Waals surface area contributed by atoms with Gasteiger partial charge >= 0.3 is 0 Å². The van der Waals surface area contributed by atoms with Gasteiger partial charge in [0.2, 0.25) is 0 Å². The Balaban J connectivity index is 2.36. The summed E-state index contributed by atoms with van der Waals surface area (Å²) >= 11 is 0. The summed E-state index contributed by atoms with van der Waals surface area (Å²) < 4.78 is 10.5. The molecule has 0 fully saturated rings. The van der Waals surface area contributed by atoms with Crippen LogP contribution in [-0.2, 0) is 9.47 Å². The summed E-state index contributed by atoms with van der Waals surface area (Å²) in [5, 5.41) is 9.84. The lowest BCUT2D eigenvalue weighted by molar-refractivity contribution is 0.231. The number of hydrogen-bond acceptors (Lipinski definition) is 3. The minimum Gasteiger partial charge on any atom is -0.508 e. The average Bonchev–Trinajstić information content (AvgIpc) is 2.38. The van der Waals surface area contributed by atoms with Crippen molar-refractivity contribution in [2.45, 2.75) is 12.3 Å². The highest BCUT2D eigenvalue weighted by Gasteiger charge is 2.18. The standard InChI is InChI=1S/C14H16O3/c1-16-11-7-10(8-12(9-11)17-2)13-5-3-4-6-14(13)15/h3-8,10,15H,9H2,1-2H3. The molecular weight excluding hydrogens is 216 g/mol. The minimum absolute atomic E-state index is 0.00477. The minimum atomic E-state index is -0.00477. The van der Waals surface area contributed by atoms with E-state index in [1.807, 2.05) is 30.4 Å². The number of ether oxygens (including phenoxy) is 2. The second-order valence-electron chi connectivity index (χ2n) is 3.94. The SMILES string of the molecule is COC1=CC(c2ccccc2O)C=C(OC)C1. The molecule has 1 aliphatic rings. The fourth-order valence-corrected chi connectivity index (χ4v) is 1.97. The van der Waals surface area contributed by atoms with Crippen molar-refractivity contribution in [3.8, 4) is 5.75 Å². The van der Waals surface area contributed by atoms with E-state index in [0.29, 0.717) is 6.42 Å². The van der Waals surface area contributed by atoms with Crippen molar-refractivity contribution in [1.29, 1.82) is 0 Å². The van der Waals surface area contributed by atoms with Gasteiger partial charge in [-0.1, -0.05) is 18.2 Å². The van der Waals surface area contributed by atoms with Crippen molar-refractivity contribution in [3.63, 3.8) is 0 Å². The topological polar surface area (TPSA) is 38.7 Å². The van der Waals surface area contributed by atoms with Crippen LogP contribution in [0.5, 0.6) is 5.75 Å². The van der Waals surface area contributed by atoms with E-state index < -0.39 is 0 Å². The molecule has 0 radical (unpaired) electrons. The lowest BCUT2D eigenvalue weighted by Gasteiger charge is -2.20. The molecule has 2 rings (SSSR count). The molecular formula is C14H16O3. The summed E-state index contributed by atoms with van der Waals surface area (Å²) in [5.41, 5.74) is 0.858. The summed E-state index contributed by atoms with van der Waals surface area (Å²) in [6.45, 7) is 0. The normalized spacial score (nSPS) is 16.1. The first-order valence-corrected chi connectivity index (χ1v) is 5.52. The van der Waals surface area contributed by atoms with Crippen LogP contribution in [0, 0.1) is 0 Å². The molecule has 0 aromatic heterocycles. The molecule has 0 atom stereocenters. The molecule has 0 unspecified atom stereocenters. The van der Waals surface area contributed by atoms with Crippen molar-refractivity contribution in [1.82, 2.24) is 0 Å². The molecule has 3 nitrogen and oxygen atoms in total. The fourth-order valence-electron chi connectivity index (χ4n) is 1.97. The van der Waals surface area contributed by atoms with Crippen LogP contribution in [0.4, 0.5) is 0 Å². The number of benzene rings is 1. The molecule has 90 valence electrons. The van der Waals surface area contributed by atoms with Gasteiger partial charge in [0.1, 0.15) is 5.75 Å². The maximum absolute atomic E-state index is 9.84. The summed E-state index contributed by atoms with van der Waals surface area (Å²) in [6.07, 6.45) is 4.66. The second kappa shape index (κ2) is 4.95. The molecule has 1 aliphatic carbocycles. The summed E-state index contributed by atoms with van der Waals surface area (Å²) in [6, 6.07) is 7.30. The average molecular weight is 232 g/mol. The number of hydrogen-bond donors (Lipinski definition) is 1. The first-order chi connectivity index (χ1) is 8.24. The summed E-state index contributed by atoms with van der Waals surface area (Å²) in [4.78, 5) is 0. The Morgan fingerprint density at radius 1 is 1.06 bits per heavy atom. The van der Waals surface area contributed by atoms with Gasteiger partial charge in [-0.25, -0.2) is 0 Å². The number of aromatic hydroxyl groups is 1. The van der Waals surface area contributed by atoms with Crippen molar-refractivity contribution >= 4 is 0 Å². The Morgan fingerprint density at radius 3 is 2.18 bits per heavy atom. The lowest BCUT2D eigenvalue weighted by atomic mass is 9.92. The van der Waals surface area contributed by atoms with Crippen LogP contribution in [0.15, 0.2) is 47.9 Å². The van der Waals surface area contributed by atoms with Crippen molar-refractivity contribution in [2.24, 2.45) is 0 Å². The number of phenolic OH excluding ortho intramolecular Hbond substituents is 1. The van der Waals surface area contributed by atoms with Crippen molar-refractivity contribution in [3.05, 3.63) is 53.5 Å². The number of para-hydroxylation sites is 1. The third kappa shape index (κ3) is 2.44. The monoisotopic (exact) mass is 232 g/mol. The van der Waals surface area contributed by atoms with E-state index in [1.54, 1.807) is 20.3 Å². The van der Waals surface area contributed by atoms with E-state index in [4.69, 9.17) is 9.47 Å². The highest BCUT2D eigenvalue weighted by atomic mass is 16.5. The molecule has 0 spiro atoms. The Labute approximate surface area is 101 Å². The van der Waals surface area contributed by atoms with E-state index >= 15 is 0 Å². The van der Waals surface area contributed by atoms with E-state index in [1.165, 1.54) is 0 Å². The van der Waals surface area contributed by atoms with Gasteiger partial charge in [-0.15, -0.1) is 0 Å². The fraction of sp³-hybridized carbons (Fsp3) is 0.286. The van der Waals surface area contributed by atoms with Gasteiger partial charge in [0, 0.05) is 11.5 Å². The Kier molecular flexibility index (Phi) is 3.38. The van der Waals surface area contributed by atoms with Gasteiger partial charge in [-0.05, 0) is 18.2 Å². The van der Waals surface area contributed by atoms with Crippen LogP contribution < -0.4 is 0 Å². The molecule has 3 heteroatoms. The third-order valence-electron chi connectivity index (χ3n) is 2.90. The van der Waals surface area contributed by atoms with Gasteiger partial charge < -0.3 is 14.6 Å². The second-order valence-corrected chi connectivity index (χ2v) is 3.94. The first kappa shape index (κ1) is 11.6. The first-order valence-electron chi connectivity index (χ1n) is 5.52. The van der Waals surface area contributed by atoms with Crippen LogP contribution in [0.2, 0.25) is 0 Å². The molecule has 0 saturated heterocycles. The highest BCUT2D eigenvalue weighted by molar-refractivity contribution is 5.42. The van der Waals surface area contributed by atoms with Gasteiger partial charge in [0.15, 0.2) is 0 Å². The van der Waals surface area contributed by atoms with Crippen LogP contribution in [0.1, 0.15) is 17.9 Å². The van der Waals surface area contributed by atoms with Crippen molar-refractivity contribution < 1.29 is 14.6 Å². The van der Waals surface area contributed by atoms with Gasteiger partial charge in [-0.3, -0.25) is 0 Å². The maximum atomic E-state index is 9.84. The number of rotatable bonds is 3. The Morgan fingerprint density at radius 2 is 1.65 bits per heavy atom. The number of methoxy groups -OCH3 is 2. The molecule has 0 aliphatic heterocycles. The quantitative estimate of drug-likeness (QED) is 0.870. The zero-order chi connectivity index (χ0) is 12.3. The number of allylic oxidation sites excluding steroid dienone is 2. The third-order valence-corrected chi connectivity index (χ3v) is 2.90. The highest BCUT2D eigenvalue weighted by Crippen LogP contribution is 2.34. The molecule has 1 aromatic carbocycles. The van der Waals surface area contributed by atoms with Gasteiger partial charge in [-0.2, -0.15) is 0 Å². The van der Waals surface area contributed by atoms with Crippen LogP contribution in [-0.4, -0.2) is 19.3 Å². The van der Waals surface area contributed by atoms with Crippen LogP contribution in [0.3, 0.4) is 0 Å². The largest absolute Gasteiger partial charge is 0.508 e. The predicted molar refractivity (Wildman–Crippen MR) is 65.6 cm³/mol. The molecule has 1 aromatic rings. The van der Waals surface area contributed by atoms with Gasteiger partial charge in [0.25, 0.3) is 0 Å². The van der Waals surface area contributed by atoms with E-state index in [0.717, 1.165) is 17.1 Å².